The fraction of sp³-hybridized carbons (Fsp3) is 0.0364. The van der Waals surface area contributed by atoms with Crippen LogP contribution in [-0.2, 0) is 10.8 Å². The number of furan rings is 2. The van der Waals surface area contributed by atoms with Gasteiger partial charge in [0.25, 0.3) is 0 Å². The van der Waals surface area contributed by atoms with Gasteiger partial charge in [-0.25, -0.2) is 0 Å². The first-order chi connectivity index (χ1) is 56.3. The van der Waals surface area contributed by atoms with Gasteiger partial charge in [-0.1, -0.05) is 347 Å². The molecule has 0 N–H and O–H groups in total. The zero-order valence-electron chi connectivity index (χ0n) is 63.1. The lowest BCUT2D eigenvalue weighted by atomic mass is 9.67. The normalized spacial score (nSPS) is 12.8. The van der Waals surface area contributed by atoms with E-state index in [-0.39, 0.29) is 5.41 Å². The van der Waals surface area contributed by atoms with Crippen LogP contribution in [0.2, 0.25) is 0 Å². The fourth-order valence-corrected chi connectivity index (χ4v) is 18.3. The van der Waals surface area contributed by atoms with Crippen molar-refractivity contribution in [3.05, 3.63) is 458 Å². The number of fused-ring (bicyclic) bond motifs is 13. The summed E-state index contributed by atoms with van der Waals surface area (Å²) in [7, 11) is 0. The van der Waals surface area contributed by atoms with Gasteiger partial charge in [-0.2, -0.15) is 0 Å². The van der Waals surface area contributed by atoms with Crippen LogP contribution in [0.15, 0.2) is 433 Å². The number of para-hydroxylation sites is 4. The van der Waals surface area contributed by atoms with Crippen LogP contribution >= 0.6 is 0 Å². The quantitative estimate of drug-likeness (QED) is 0.115. The van der Waals surface area contributed by atoms with E-state index in [0.717, 1.165) is 100 Å². The fourth-order valence-electron chi connectivity index (χ4n) is 18.3. The molecular formula is C110H76N2O2. The van der Waals surface area contributed by atoms with Gasteiger partial charge in [0, 0.05) is 72.2 Å². The summed E-state index contributed by atoms with van der Waals surface area (Å²) in [6.07, 6.45) is 0. The lowest BCUT2D eigenvalue weighted by molar-refractivity contribution is 0.660. The Kier molecular flexibility index (Phi) is 16.4. The van der Waals surface area contributed by atoms with Crippen LogP contribution in [0.4, 0.5) is 34.1 Å². The zero-order valence-corrected chi connectivity index (χ0v) is 63.1. The molecule has 0 amide bonds. The van der Waals surface area contributed by atoms with Crippen LogP contribution in [0, 0.1) is 0 Å². The predicted octanol–water partition coefficient (Wildman–Crippen LogP) is 30.3. The molecule has 0 aliphatic heterocycles. The summed E-state index contributed by atoms with van der Waals surface area (Å²) in [5, 5.41) is 6.97. The molecule has 0 bridgehead atoms. The van der Waals surface area contributed by atoms with Crippen LogP contribution in [-0.4, -0.2) is 0 Å². The van der Waals surface area contributed by atoms with Crippen molar-refractivity contribution in [3.63, 3.8) is 0 Å². The van der Waals surface area contributed by atoms with Crippen molar-refractivity contribution in [2.45, 2.75) is 24.7 Å². The maximum Gasteiger partial charge on any atom is 0.143 e. The number of nitrogens with zero attached hydrogens (tertiary/aromatic N) is 2. The number of hydrogen-bond acceptors (Lipinski definition) is 4. The highest BCUT2D eigenvalue weighted by molar-refractivity contribution is 6.11. The van der Waals surface area contributed by atoms with Crippen molar-refractivity contribution < 1.29 is 8.83 Å². The topological polar surface area (TPSA) is 32.8 Å². The third kappa shape index (κ3) is 11.4. The molecule has 2 aromatic heterocycles. The second kappa shape index (κ2) is 27.8. The number of benzene rings is 18. The van der Waals surface area contributed by atoms with E-state index < -0.39 is 5.41 Å². The molecule has 20 aromatic rings. The van der Waals surface area contributed by atoms with Crippen LogP contribution < -0.4 is 9.80 Å². The third-order valence-electron chi connectivity index (χ3n) is 23.8. The van der Waals surface area contributed by atoms with E-state index in [9.17, 15) is 0 Å². The number of anilines is 6. The molecule has 2 aliphatic carbocycles. The van der Waals surface area contributed by atoms with E-state index in [0.29, 0.717) is 0 Å². The molecule has 4 nitrogen and oxygen atoms in total. The maximum absolute atomic E-state index is 6.41. The van der Waals surface area contributed by atoms with Crippen molar-refractivity contribution >= 4 is 88.8 Å². The summed E-state index contributed by atoms with van der Waals surface area (Å²) in [6.45, 7) is 4.73. The molecule has 0 radical (unpaired) electrons. The Morgan fingerprint density at radius 3 is 1.11 bits per heavy atom. The molecule has 0 spiro atoms. The Labute approximate surface area is 663 Å². The first kappa shape index (κ1) is 67.5. The van der Waals surface area contributed by atoms with E-state index in [2.05, 4.69) is 424 Å². The maximum atomic E-state index is 6.41. The molecule has 0 saturated heterocycles. The highest BCUT2D eigenvalue weighted by Crippen LogP contribution is 2.59. The smallest absolute Gasteiger partial charge is 0.143 e. The SMILES string of the molecule is CC1(C)c2ccccc2-c2ccc(N(c3ccc4c(c3)C(c3ccccc3)(c3ccccc3)c3ccc(-c5ccccc5)cc3-4)c3ccc4ccccc4c3)cc21.c1ccc(-c2ccc(-c3ccc(N(c4ccc(-c5cccc6c5oc5ccccc56)cc4)c4ccc(-c5cccc6c5oc5ccccc56)cc4)cc3)cc2)cc1. The summed E-state index contributed by atoms with van der Waals surface area (Å²) in [5.41, 5.74) is 34.2. The summed E-state index contributed by atoms with van der Waals surface area (Å²) < 4.78 is 12.8. The minimum atomic E-state index is -0.533. The Morgan fingerprint density at radius 2 is 0.561 bits per heavy atom. The Bertz CT molecular complexity index is 6830. The van der Waals surface area contributed by atoms with E-state index >= 15 is 0 Å². The van der Waals surface area contributed by atoms with Gasteiger partial charge < -0.3 is 18.6 Å². The second-order valence-electron chi connectivity index (χ2n) is 30.6. The van der Waals surface area contributed by atoms with Crippen LogP contribution in [0.1, 0.15) is 47.2 Å². The van der Waals surface area contributed by atoms with Gasteiger partial charge in [0.05, 0.1) is 5.41 Å². The largest absolute Gasteiger partial charge is 0.455 e. The lowest BCUT2D eigenvalue weighted by Gasteiger charge is -2.35. The van der Waals surface area contributed by atoms with Crippen molar-refractivity contribution in [2.24, 2.45) is 0 Å². The first-order valence-corrected chi connectivity index (χ1v) is 39.3. The van der Waals surface area contributed by atoms with Gasteiger partial charge in [-0.3, -0.25) is 0 Å². The van der Waals surface area contributed by atoms with E-state index in [4.69, 9.17) is 8.83 Å². The lowest BCUT2D eigenvalue weighted by Crippen LogP contribution is -2.28. The van der Waals surface area contributed by atoms with E-state index in [1.807, 2.05) is 24.3 Å². The molecule has 22 rings (SSSR count). The average molecular weight is 1460 g/mol. The van der Waals surface area contributed by atoms with Crippen LogP contribution in [0.3, 0.4) is 0 Å². The van der Waals surface area contributed by atoms with Gasteiger partial charge in [0.2, 0.25) is 0 Å². The van der Waals surface area contributed by atoms with Crippen molar-refractivity contribution in [1.82, 2.24) is 0 Å². The molecule has 18 aromatic carbocycles. The summed E-state index contributed by atoms with van der Waals surface area (Å²) in [5.74, 6) is 0. The molecule has 0 saturated carbocycles. The van der Waals surface area contributed by atoms with Gasteiger partial charge in [-0.15, -0.1) is 0 Å². The van der Waals surface area contributed by atoms with Crippen molar-refractivity contribution in [2.75, 3.05) is 9.80 Å². The van der Waals surface area contributed by atoms with Crippen LogP contribution in [0.25, 0.3) is 133 Å². The Morgan fingerprint density at radius 1 is 0.202 bits per heavy atom. The highest BCUT2D eigenvalue weighted by Gasteiger charge is 2.47. The third-order valence-corrected chi connectivity index (χ3v) is 23.8. The molecule has 4 heteroatoms. The minimum absolute atomic E-state index is 0.122. The summed E-state index contributed by atoms with van der Waals surface area (Å²) in [6, 6.07) is 154. The summed E-state index contributed by atoms with van der Waals surface area (Å²) >= 11 is 0. The molecule has 114 heavy (non-hydrogen) atoms. The molecule has 0 fully saturated rings. The van der Waals surface area contributed by atoms with Gasteiger partial charge >= 0.3 is 0 Å². The molecular weight excluding hydrogens is 1380 g/mol. The minimum Gasteiger partial charge on any atom is -0.455 e. The molecule has 0 unspecified atom stereocenters. The van der Waals surface area contributed by atoms with Gasteiger partial charge in [0.15, 0.2) is 0 Å². The van der Waals surface area contributed by atoms with Crippen molar-refractivity contribution in [1.29, 1.82) is 0 Å². The molecule has 2 aliphatic rings. The van der Waals surface area contributed by atoms with E-state index in [1.165, 1.54) is 99.8 Å². The summed E-state index contributed by atoms with van der Waals surface area (Å²) in [4.78, 5) is 4.80. The molecule has 0 atom stereocenters. The second-order valence-corrected chi connectivity index (χ2v) is 30.6. The standard InChI is InChI=1S/C56H41N.C54H35NO2/c1-55(2)51-25-15-14-24-47(51)48-31-29-45(36-53(48)55)57(44-28-26-39-18-12-13-19-40(39)34-44)46-30-32-49-50-35-41(38-16-6-3-7-17-38)27-33-52(50)56(54(49)37-46,42-20-8-4-9-21-42)43-22-10-5-11-23-43;1-2-10-36(11-3-1)37-20-22-38(23-21-37)39-24-30-42(31-25-39)55(43-32-26-40(27-33-43)45-14-8-16-49-47-12-4-6-18-51(47)56-53(45)49)44-34-28-41(29-35-44)46-15-9-17-50-48-13-5-7-19-52(48)57-54(46)50/h3-37H,1-2H3;1-35H. The predicted molar refractivity (Wildman–Crippen MR) is 476 cm³/mol. The first-order valence-electron chi connectivity index (χ1n) is 39.3. The number of hydrogen-bond donors (Lipinski definition) is 0. The van der Waals surface area contributed by atoms with Crippen LogP contribution in [0.5, 0.6) is 0 Å². The monoisotopic (exact) mass is 1460 g/mol. The average Bonchev–Trinajstić information content (AvgIpc) is 1.53. The van der Waals surface area contributed by atoms with E-state index in [1.54, 1.807) is 0 Å². The number of rotatable bonds is 13. The Balaban J connectivity index is 0.000000143. The molecule has 538 valence electrons. The molecule has 2 heterocycles. The van der Waals surface area contributed by atoms with Crippen molar-refractivity contribution in [3.8, 4) is 77.9 Å². The van der Waals surface area contributed by atoms with Gasteiger partial charge in [0.1, 0.15) is 22.3 Å². The zero-order chi connectivity index (χ0) is 75.9. The van der Waals surface area contributed by atoms with Gasteiger partial charge in [-0.05, 0) is 202 Å². The highest BCUT2D eigenvalue weighted by atomic mass is 16.3. The Hall–Kier alpha value is -14.6.